The third-order valence-corrected chi connectivity index (χ3v) is 18.2. The second-order valence-corrected chi connectivity index (χ2v) is 22.0. The predicted molar refractivity (Wildman–Crippen MR) is 334 cm³/mol. The number of aromatic amines is 4. The van der Waals surface area contributed by atoms with Gasteiger partial charge >= 0.3 is 0 Å². The molecule has 16 bridgehead atoms. The summed E-state index contributed by atoms with van der Waals surface area (Å²) in [5, 5.41) is 0. The zero-order chi connectivity index (χ0) is 55.2. The molecule has 0 saturated carbocycles. The van der Waals surface area contributed by atoms with Crippen LogP contribution in [0.1, 0.15) is 199 Å². The van der Waals surface area contributed by atoms with E-state index in [1.54, 1.807) is 0 Å². The molecule has 398 valence electrons. The van der Waals surface area contributed by atoms with E-state index < -0.39 is 0 Å². The summed E-state index contributed by atoms with van der Waals surface area (Å²) in [5.41, 5.74) is 41.2. The number of nitrogens with zero attached hydrogens (tertiary/aromatic N) is 4. The number of fused-ring (bicyclic) bond motifs is 16. The van der Waals surface area contributed by atoms with Crippen LogP contribution in [-0.4, -0.2) is 39.9 Å². The lowest BCUT2D eigenvalue weighted by molar-refractivity contribution is 1.14. The van der Waals surface area contributed by atoms with Gasteiger partial charge in [0.15, 0.2) is 0 Å². The van der Waals surface area contributed by atoms with Crippen molar-refractivity contribution in [1.29, 1.82) is 0 Å². The van der Waals surface area contributed by atoms with Crippen LogP contribution in [0.25, 0.3) is 111 Å². The maximum atomic E-state index is 5.84. The third kappa shape index (κ3) is 8.14. The fourth-order valence-corrected chi connectivity index (χ4v) is 13.8. The fourth-order valence-electron chi connectivity index (χ4n) is 13.8. The number of aryl methyl sites for hydroxylation is 8. The van der Waals surface area contributed by atoms with E-state index in [0.29, 0.717) is 0 Å². The van der Waals surface area contributed by atoms with Gasteiger partial charge in [-0.25, -0.2) is 19.9 Å². The largest absolute Gasteiger partial charge is 0.355 e. The van der Waals surface area contributed by atoms with Gasteiger partial charge in [-0.1, -0.05) is 79.7 Å². The van der Waals surface area contributed by atoms with E-state index in [9.17, 15) is 0 Å². The zero-order valence-electron chi connectivity index (χ0n) is 49.2. The minimum Gasteiger partial charge on any atom is -0.355 e. The molecule has 0 aliphatic carbocycles. The van der Waals surface area contributed by atoms with E-state index in [-0.39, 0.29) is 0 Å². The Morgan fingerprint density at radius 1 is 0.308 bits per heavy atom. The van der Waals surface area contributed by atoms with Crippen LogP contribution in [0.4, 0.5) is 0 Å². The van der Waals surface area contributed by atoms with Gasteiger partial charge in [-0.15, -0.1) is 0 Å². The van der Waals surface area contributed by atoms with Crippen LogP contribution < -0.4 is 0 Å². The van der Waals surface area contributed by atoms with Crippen LogP contribution >= 0.6 is 0 Å². The van der Waals surface area contributed by atoms with Crippen molar-refractivity contribution < 1.29 is 0 Å². The molecule has 0 saturated heterocycles. The molecule has 4 aliphatic heterocycles. The van der Waals surface area contributed by atoms with Crippen molar-refractivity contribution in [1.82, 2.24) is 39.9 Å². The van der Waals surface area contributed by atoms with Crippen molar-refractivity contribution in [2.75, 3.05) is 0 Å². The van der Waals surface area contributed by atoms with E-state index in [4.69, 9.17) is 19.9 Å². The van der Waals surface area contributed by atoms with Crippen LogP contribution in [0.5, 0.6) is 0 Å². The molecule has 1 aromatic carbocycles. The Kier molecular flexibility index (Phi) is 13.7. The zero-order valence-corrected chi connectivity index (χ0v) is 49.2. The highest BCUT2D eigenvalue weighted by molar-refractivity contribution is 6.08. The molecule has 11 rings (SSSR count). The minimum absolute atomic E-state index is 0.841. The second-order valence-electron chi connectivity index (χ2n) is 22.0. The van der Waals surface area contributed by atoms with Gasteiger partial charge in [-0.05, 0) is 243 Å². The van der Waals surface area contributed by atoms with Crippen LogP contribution in [0, 0.1) is 27.7 Å². The van der Waals surface area contributed by atoms with Crippen molar-refractivity contribution in [3.63, 3.8) is 0 Å². The monoisotopic (exact) mass is 1030 g/mol. The molecule has 0 atom stereocenters. The molecule has 0 fully saturated rings. The number of rotatable bonds is 10. The highest BCUT2D eigenvalue weighted by atomic mass is 14.8. The quantitative estimate of drug-likeness (QED) is 0.109. The van der Waals surface area contributed by atoms with Gasteiger partial charge in [-0.3, -0.25) is 0 Å². The SMILES string of the molecule is CCC1=C(C)c2cc3[nH]c(c(C)c3CC)c(-c3ccccc3-c3c4nc(cc5[nH]c(cc6nc(cc7[nH]c3c(C)c7CC)C(C)=C6CC)c(CC)c5C)C(CC)=C4C)c3nc(cc4[nH]c(cc1n2)c(CC)c4C)C(CC)=C3C. The van der Waals surface area contributed by atoms with E-state index in [1.165, 1.54) is 89.1 Å². The number of H-pyrrole nitrogens is 4. The van der Waals surface area contributed by atoms with Crippen molar-refractivity contribution in [3.8, 4) is 22.3 Å². The topological polar surface area (TPSA) is 115 Å². The number of allylic oxidation sites excluding steroid dienone is 8. The molecule has 4 aliphatic rings. The number of hydrogen-bond acceptors (Lipinski definition) is 4. The number of hydrogen-bond donors (Lipinski definition) is 4. The first-order valence-corrected chi connectivity index (χ1v) is 29.1. The van der Waals surface area contributed by atoms with Gasteiger partial charge in [0.2, 0.25) is 0 Å². The van der Waals surface area contributed by atoms with E-state index in [1.807, 2.05) is 0 Å². The Labute approximate surface area is 461 Å². The highest BCUT2D eigenvalue weighted by Crippen LogP contribution is 2.48. The number of benzene rings is 1. The average Bonchev–Trinajstić information content (AvgIpc) is 4.33. The summed E-state index contributed by atoms with van der Waals surface area (Å²) >= 11 is 0. The van der Waals surface area contributed by atoms with Gasteiger partial charge in [0.05, 0.1) is 56.6 Å². The summed E-state index contributed by atoms with van der Waals surface area (Å²) in [6, 6.07) is 22.9. The third-order valence-electron chi connectivity index (χ3n) is 18.2. The number of nitrogens with one attached hydrogen (secondary N) is 4. The van der Waals surface area contributed by atoms with Crippen LogP contribution in [0.2, 0.25) is 0 Å². The maximum absolute atomic E-state index is 5.84. The van der Waals surface area contributed by atoms with Gasteiger partial charge in [0, 0.05) is 44.2 Å². The molecule has 10 heterocycles. The molecule has 0 unspecified atom stereocenters. The Morgan fingerprint density at radius 3 is 0.949 bits per heavy atom. The standard InChI is InChI=1S/C70H78N8/c1-17-43-35(9)53-29-61-47(21-5)39(13)67(75-61)65(68-40(14)48(22-6)62(76-68)30-54-36(10)44(18-2)58(72-54)33-57(43)71-53)51-27-25-26-28-52(51)66-69-41(15)49(23-7)63(77-69)31-55-37(11)45(19-3)59(73-55)34-60-46(20-4)38(12)56(74-60)32-64-50(24-8)42(16)70(66)78-64/h25-34,71,73,76,78H,17-24H2,1-16H3. The Balaban J connectivity index is 1.36. The first-order chi connectivity index (χ1) is 37.6. The molecule has 7 aromatic rings. The Morgan fingerprint density at radius 2 is 0.603 bits per heavy atom. The molecule has 6 aromatic heterocycles. The lowest BCUT2D eigenvalue weighted by atomic mass is 9.88. The minimum atomic E-state index is 0.841. The number of aromatic nitrogens is 8. The molecule has 8 heteroatoms. The summed E-state index contributed by atoms with van der Waals surface area (Å²) in [5.74, 6) is 0. The first-order valence-electron chi connectivity index (χ1n) is 29.1. The molecular weight excluding hydrogens is 953 g/mol. The summed E-state index contributed by atoms with van der Waals surface area (Å²) in [6.45, 7) is 36.3. The van der Waals surface area contributed by atoms with Crippen molar-refractivity contribution >= 4 is 88.7 Å². The summed E-state index contributed by atoms with van der Waals surface area (Å²) in [6.07, 6.45) is 7.00. The smallest absolute Gasteiger partial charge is 0.0769 e. The predicted octanol–water partition coefficient (Wildman–Crippen LogP) is 19.1. The normalized spacial score (nSPS) is 13.8. The van der Waals surface area contributed by atoms with Gasteiger partial charge in [0.25, 0.3) is 0 Å². The van der Waals surface area contributed by atoms with Crippen LogP contribution in [0.15, 0.2) is 60.7 Å². The molecule has 0 radical (unpaired) electrons. The molecule has 8 nitrogen and oxygen atoms in total. The van der Waals surface area contributed by atoms with Gasteiger partial charge < -0.3 is 19.9 Å². The molecule has 4 N–H and O–H groups in total. The lowest BCUT2D eigenvalue weighted by Crippen LogP contribution is -1.96. The molecule has 78 heavy (non-hydrogen) atoms. The summed E-state index contributed by atoms with van der Waals surface area (Å²) in [4.78, 5) is 38.6. The van der Waals surface area contributed by atoms with Crippen molar-refractivity contribution in [3.05, 3.63) is 151 Å². The highest BCUT2D eigenvalue weighted by Gasteiger charge is 2.29. The van der Waals surface area contributed by atoms with E-state index in [2.05, 4.69) is 191 Å². The lowest BCUT2D eigenvalue weighted by Gasteiger charge is -2.16. The van der Waals surface area contributed by atoms with E-state index >= 15 is 0 Å². The van der Waals surface area contributed by atoms with Crippen LogP contribution in [-0.2, 0) is 25.7 Å². The second kappa shape index (κ2) is 20.3. The van der Waals surface area contributed by atoms with Gasteiger partial charge in [0.1, 0.15) is 0 Å². The maximum Gasteiger partial charge on any atom is 0.0769 e. The molecule has 0 amide bonds. The van der Waals surface area contributed by atoms with Crippen molar-refractivity contribution in [2.45, 2.75) is 162 Å². The van der Waals surface area contributed by atoms with E-state index in [0.717, 1.165) is 163 Å². The average molecular weight is 1030 g/mol. The van der Waals surface area contributed by atoms with Crippen LogP contribution in [0.3, 0.4) is 0 Å². The molecular formula is C70H78N8. The first kappa shape index (κ1) is 52.5. The van der Waals surface area contributed by atoms with Gasteiger partial charge in [-0.2, -0.15) is 0 Å². The van der Waals surface area contributed by atoms with Crippen molar-refractivity contribution in [2.24, 2.45) is 0 Å². The Bertz CT molecular complexity index is 3930. The summed E-state index contributed by atoms with van der Waals surface area (Å²) < 4.78 is 0. The summed E-state index contributed by atoms with van der Waals surface area (Å²) in [7, 11) is 0. The Hall–Kier alpha value is -7.58. The molecule has 0 spiro atoms. The fraction of sp³-hybridized carbons (Fsp3) is 0.343.